The van der Waals surface area contributed by atoms with E-state index in [0.29, 0.717) is 19.3 Å². The number of hydrogen-bond acceptors (Lipinski definition) is 6. The molecule has 55 heavy (non-hydrogen) atoms. The Bertz CT molecular complexity index is 938. The molecule has 0 aromatic carbocycles. The maximum absolute atomic E-state index is 12.7. The molecule has 0 aliphatic rings. The van der Waals surface area contributed by atoms with Gasteiger partial charge in [-0.3, -0.25) is 14.4 Å². The van der Waals surface area contributed by atoms with Gasteiger partial charge in [-0.25, -0.2) is 0 Å². The fourth-order valence-electron chi connectivity index (χ4n) is 6.63. The van der Waals surface area contributed by atoms with Crippen molar-refractivity contribution in [3.63, 3.8) is 0 Å². The van der Waals surface area contributed by atoms with Crippen LogP contribution >= 0.6 is 0 Å². The minimum atomic E-state index is -0.771. The molecule has 0 spiro atoms. The van der Waals surface area contributed by atoms with Crippen LogP contribution in [0, 0.1) is 0 Å². The molecule has 0 bridgehead atoms. The van der Waals surface area contributed by atoms with Crippen LogP contribution < -0.4 is 0 Å². The molecule has 0 N–H and O–H groups in total. The van der Waals surface area contributed by atoms with Crippen LogP contribution in [0.5, 0.6) is 0 Å². The largest absolute Gasteiger partial charge is 0.462 e. The number of hydrogen-bond donors (Lipinski definition) is 0. The van der Waals surface area contributed by atoms with Crippen LogP contribution in [0.2, 0.25) is 0 Å². The van der Waals surface area contributed by atoms with Crippen molar-refractivity contribution < 1.29 is 28.6 Å². The van der Waals surface area contributed by atoms with Crippen molar-refractivity contribution in [1.82, 2.24) is 0 Å². The van der Waals surface area contributed by atoms with Crippen molar-refractivity contribution in [2.45, 2.75) is 245 Å². The van der Waals surface area contributed by atoms with Crippen molar-refractivity contribution in [1.29, 1.82) is 0 Å². The predicted octanol–water partition coefficient (Wildman–Crippen LogP) is 15.0. The number of allylic oxidation sites excluding steroid dienone is 6. The number of unbranched alkanes of at least 4 members (excludes halogenated alkanes) is 25. The zero-order valence-electron chi connectivity index (χ0n) is 36.4. The molecule has 0 aromatic heterocycles. The summed E-state index contributed by atoms with van der Waals surface area (Å²) in [6.45, 7) is 6.49. The monoisotopic (exact) mass is 773 g/mol. The first-order chi connectivity index (χ1) is 27.0. The normalized spacial score (nSPS) is 12.3. The van der Waals surface area contributed by atoms with Gasteiger partial charge >= 0.3 is 17.9 Å². The first-order valence-corrected chi connectivity index (χ1v) is 23.5. The third-order valence-electron chi connectivity index (χ3n) is 10.2. The van der Waals surface area contributed by atoms with Crippen LogP contribution in [-0.2, 0) is 28.6 Å². The third-order valence-corrected chi connectivity index (χ3v) is 10.2. The van der Waals surface area contributed by atoms with E-state index in [1.54, 1.807) is 0 Å². The maximum Gasteiger partial charge on any atom is 0.306 e. The Labute approximate surface area is 340 Å². The Morgan fingerprint density at radius 1 is 0.382 bits per heavy atom. The fourth-order valence-corrected chi connectivity index (χ4v) is 6.63. The van der Waals surface area contributed by atoms with E-state index in [-0.39, 0.29) is 31.1 Å². The zero-order valence-corrected chi connectivity index (χ0v) is 36.4. The molecule has 0 fully saturated rings. The number of carbonyl (C=O) groups is 3. The minimum Gasteiger partial charge on any atom is -0.462 e. The molecule has 6 heteroatoms. The van der Waals surface area contributed by atoms with E-state index in [4.69, 9.17) is 14.2 Å². The molecule has 1 unspecified atom stereocenters. The number of esters is 3. The molecule has 0 radical (unpaired) electrons. The van der Waals surface area contributed by atoms with Crippen molar-refractivity contribution in [3.8, 4) is 0 Å². The molecule has 0 saturated carbocycles. The van der Waals surface area contributed by atoms with Gasteiger partial charge in [-0.05, 0) is 51.4 Å². The average Bonchev–Trinajstić information content (AvgIpc) is 3.18. The quantitative estimate of drug-likeness (QED) is 0.0266. The number of ether oxygens (including phenoxy) is 3. The van der Waals surface area contributed by atoms with Gasteiger partial charge < -0.3 is 14.2 Å². The summed E-state index contributed by atoms with van der Waals surface area (Å²) in [5.41, 5.74) is 0. The highest BCUT2D eigenvalue weighted by atomic mass is 16.6. The van der Waals surface area contributed by atoms with Gasteiger partial charge in [0.25, 0.3) is 0 Å². The van der Waals surface area contributed by atoms with E-state index in [0.717, 1.165) is 96.3 Å². The van der Waals surface area contributed by atoms with Gasteiger partial charge in [0.15, 0.2) is 6.10 Å². The highest BCUT2D eigenvalue weighted by molar-refractivity contribution is 5.71. The second-order valence-corrected chi connectivity index (χ2v) is 15.6. The molecular weight excluding hydrogens is 685 g/mol. The molecule has 0 rings (SSSR count). The van der Waals surface area contributed by atoms with Gasteiger partial charge in [-0.1, -0.05) is 205 Å². The van der Waals surface area contributed by atoms with Crippen molar-refractivity contribution in [2.24, 2.45) is 0 Å². The summed E-state index contributed by atoms with van der Waals surface area (Å²) in [6.07, 6.45) is 49.9. The SMILES string of the molecule is CC/C=C\C/C=C\C/C=C\CCCCCCCC(=O)OCC(COC(=O)CCCCCCCCCC)OC(=O)CCCCCCCCCCCCCCCC. The summed E-state index contributed by atoms with van der Waals surface area (Å²) >= 11 is 0. The smallest absolute Gasteiger partial charge is 0.306 e. The molecule has 0 amide bonds. The lowest BCUT2D eigenvalue weighted by Crippen LogP contribution is -2.30. The summed E-state index contributed by atoms with van der Waals surface area (Å²) in [5, 5.41) is 0. The van der Waals surface area contributed by atoms with E-state index in [2.05, 4.69) is 57.2 Å². The van der Waals surface area contributed by atoms with Crippen molar-refractivity contribution in [2.75, 3.05) is 13.2 Å². The first-order valence-electron chi connectivity index (χ1n) is 23.5. The Morgan fingerprint density at radius 2 is 0.709 bits per heavy atom. The van der Waals surface area contributed by atoms with E-state index >= 15 is 0 Å². The van der Waals surface area contributed by atoms with Gasteiger partial charge in [0.05, 0.1) is 0 Å². The van der Waals surface area contributed by atoms with E-state index in [1.165, 1.54) is 103 Å². The molecule has 320 valence electrons. The van der Waals surface area contributed by atoms with Crippen LogP contribution in [0.4, 0.5) is 0 Å². The topological polar surface area (TPSA) is 78.9 Å². The fraction of sp³-hybridized carbons (Fsp3) is 0.816. The summed E-state index contributed by atoms with van der Waals surface area (Å²) in [6, 6.07) is 0. The standard InChI is InChI=1S/C49H88O6/c1-4-7-10-13-16-19-21-23-25-27-28-30-33-36-39-42-48(51)54-45-46(44-53-47(50)41-38-35-32-18-15-12-9-6-3)55-49(52)43-40-37-34-31-29-26-24-22-20-17-14-11-8-5-2/h7,10,16,19,23,25,46H,4-6,8-9,11-15,17-18,20-22,24,26-45H2,1-3H3/b10-7-,19-16-,25-23-. The highest BCUT2D eigenvalue weighted by Gasteiger charge is 2.19. The predicted molar refractivity (Wildman–Crippen MR) is 233 cm³/mol. The van der Waals surface area contributed by atoms with Crippen molar-refractivity contribution >= 4 is 17.9 Å². The first kappa shape index (κ1) is 52.6. The summed E-state index contributed by atoms with van der Waals surface area (Å²) < 4.78 is 16.7. The average molecular weight is 773 g/mol. The molecule has 0 heterocycles. The second-order valence-electron chi connectivity index (χ2n) is 15.6. The zero-order chi connectivity index (χ0) is 40.1. The summed E-state index contributed by atoms with van der Waals surface area (Å²) in [7, 11) is 0. The second kappa shape index (κ2) is 44.3. The van der Waals surface area contributed by atoms with Gasteiger partial charge in [-0.2, -0.15) is 0 Å². The van der Waals surface area contributed by atoms with Crippen LogP contribution in [0.1, 0.15) is 239 Å². The molecule has 0 aliphatic carbocycles. The molecule has 0 aliphatic heterocycles. The number of rotatable bonds is 42. The van der Waals surface area contributed by atoms with Crippen LogP contribution in [0.15, 0.2) is 36.5 Å². The third kappa shape index (κ3) is 42.6. The van der Waals surface area contributed by atoms with Crippen LogP contribution in [0.3, 0.4) is 0 Å². The lowest BCUT2D eigenvalue weighted by atomic mass is 10.0. The molecule has 6 nitrogen and oxygen atoms in total. The molecule has 1 atom stereocenters. The Kier molecular flexibility index (Phi) is 42.4. The van der Waals surface area contributed by atoms with E-state index in [9.17, 15) is 14.4 Å². The lowest BCUT2D eigenvalue weighted by Gasteiger charge is -2.18. The van der Waals surface area contributed by atoms with Crippen LogP contribution in [0.25, 0.3) is 0 Å². The number of carbonyl (C=O) groups excluding carboxylic acids is 3. The van der Waals surface area contributed by atoms with Gasteiger partial charge in [0, 0.05) is 19.3 Å². The van der Waals surface area contributed by atoms with Gasteiger partial charge in [0.2, 0.25) is 0 Å². The lowest BCUT2D eigenvalue weighted by molar-refractivity contribution is -0.167. The molecule has 0 aromatic rings. The Balaban J connectivity index is 4.33. The molecular formula is C49H88O6. The Morgan fingerprint density at radius 3 is 1.11 bits per heavy atom. The maximum atomic E-state index is 12.7. The summed E-state index contributed by atoms with van der Waals surface area (Å²) in [5.74, 6) is -0.891. The van der Waals surface area contributed by atoms with Gasteiger partial charge in [0.1, 0.15) is 13.2 Å². The van der Waals surface area contributed by atoms with Crippen LogP contribution in [-0.4, -0.2) is 37.2 Å². The minimum absolute atomic E-state index is 0.0748. The van der Waals surface area contributed by atoms with E-state index < -0.39 is 6.10 Å². The highest BCUT2D eigenvalue weighted by Crippen LogP contribution is 2.15. The van der Waals surface area contributed by atoms with Gasteiger partial charge in [-0.15, -0.1) is 0 Å². The Hall–Kier alpha value is -2.37. The van der Waals surface area contributed by atoms with Crippen molar-refractivity contribution in [3.05, 3.63) is 36.5 Å². The summed E-state index contributed by atoms with van der Waals surface area (Å²) in [4.78, 5) is 37.7. The van der Waals surface area contributed by atoms with E-state index in [1.807, 2.05) is 0 Å². The molecule has 0 saturated heterocycles.